The summed E-state index contributed by atoms with van der Waals surface area (Å²) < 4.78 is 0. The first-order valence-electron chi connectivity index (χ1n) is 13.3. The van der Waals surface area contributed by atoms with Crippen LogP contribution >= 0.6 is 0 Å². The summed E-state index contributed by atoms with van der Waals surface area (Å²) in [7, 11) is 0. The summed E-state index contributed by atoms with van der Waals surface area (Å²) in [4.78, 5) is 0. The Labute approximate surface area is 233 Å². The van der Waals surface area contributed by atoms with Crippen LogP contribution in [0.2, 0.25) is 0 Å². The molecule has 0 radical (unpaired) electrons. The standard InChI is InChI=1S/C39H34/c1-8-29-30(9-2)36(22-21-35(29)37-26(6)23-25(5)24-27(37)7)39-32(11-4)31(10-3)38(28-17-13-12-14-18-28)33-19-15-16-20-34(33)39/h8-24H,1-4H2,5-7H3. The average Bonchev–Trinajstić information content (AvgIpc) is 2.95. The normalized spacial score (nSPS) is 10.8. The quantitative estimate of drug-likeness (QED) is 0.208. The zero-order valence-electron chi connectivity index (χ0n) is 23.1. The minimum atomic E-state index is 1.07. The van der Waals surface area contributed by atoms with E-state index >= 15 is 0 Å². The molecule has 0 unspecified atom stereocenters. The van der Waals surface area contributed by atoms with Crippen LogP contribution in [0.25, 0.3) is 68.5 Å². The fourth-order valence-electron chi connectivity index (χ4n) is 6.23. The van der Waals surface area contributed by atoms with Gasteiger partial charge in [0.2, 0.25) is 0 Å². The van der Waals surface area contributed by atoms with Crippen molar-refractivity contribution < 1.29 is 0 Å². The van der Waals surface area contributed by atoms with Crippen molar-refractivity contribution in [2.75, 3.05) is 0 Å². The molecule has 0 nitrogen and oxygen atoms in total. The molecule has 0 aliphatic heterocycles. The smallest absolute Gasteiger partial charge is 0.00203 e. The lowest BCUT2D eigenvalue weighted by molar-refractivity contribution is 1.32. The maximum Gasteiger partial charge on any atom is -0.00203 e. The van der Waals surface area contributed by atoms with E-state index in [0.717, 1.165) is 38.9 Å². The lowest BCUT2D eigenvalue weighted by Gasteiger charge is -2.23. The molecular formula is C39H34. The Hall–Kier alpha value is -4.68. The van der Waals surface area contributed by atoms with E-state index in [2.05, 4.69) is 120 Å². The molecule has 190 valence electrons. The van der Waals surface area contributed by atoms with Gasteiger partial charge in [-0.15, -0.1) is 0 Å². The highest BCUT2D eigenvalue weighted by Crippen LogP contribution is 2.46. The summed E-state index contributed by atoms with van der Waals surface area (Å²) in [5.41, 5.74) is 15.1. The Bertz CT molecular complexity index is 1750. The van der Waals surface area contributed by atoms with E-state index in [1.807, 2.05) is 30.4 Å². The van der Waals surface area contributed by atoms with Gasteiger partial charge in [-0.25, -0.2) is 0 Å². The van der Waals surface area contributed by atoms with Gasteiger partial charge in [0.1, 0.15) is 0 Å². The number of hydrogen-bond acceptors (Lipinski definition) is 0. The molecule has 0 fully saturated rings. The summed E-state index contributed by atoms with van der Waals surface area (Å²) in [6.07, 6.45) is 7.87. The van der Waals surface area contributed by atoms with Crippen molar-refractivity contribution in [3.8, 4) is 33.4 Å². The molecule has 5 rings (SSSR count). The summed E-state index contributed by atoms with van der Waals surface area (Å²) in [6, 6.07) is 28.1. The monoisotopic (exact) mass is 502 g/mol. The highest BCUT2D eigenvalue weighted by Gasteiger charge is 2.22. The molecule has 0 atom stereocenters. The Morgan fingerprint density at radius 2 is 0.897 bits per heavy atom. The van der Waals surface area contributed by atoms with Crippen molar-refractivity contribution in [3.05, 3.63) is 144 Å². The maximum atomic E-state index is 4.27. The van der Waals surface area contributed by atoms with E-state index in [-0.39, 0.29) is 0 Å². The van der Waals surface area contributed by atoms with E-state index in [1.165, 1.54) is 44.2 Å². The number of benzene rings is 5. The Morgan fingerprint density at radius 1 is 0.462 bits per heavy atom. The molecule has 0 amide bonds. The van der Waals surface area contributed by atoms with Gasteiger partial charge in [-0.1, -0.05) is 135 Å². The summed E-state index contributed by atoms with van der Waals surface area (Å²) in [6.45, 7) is 23.5. The minimum Gasteiger partial charge on any atom is -0.0984 e. The fraction of sp³-hybridized carbons (Fsp3) is 0.0769. The van der Waals surface area contributed by atoms with Gasteiger partial charge in [0.25, 0.3) is 0 Å². The van der Waals surface area contributed by atoms with Crippen LogP contribution in [0.3, 0.4) is 0 Å². The first kappa shape index (κ1) is 25.9. The van der Waals surface area contributed by atoms with Gasteiger partial charge in [-0.3, -0.25) is 0 Å². The number of fused-ring (bicyclic) bond motifs is 1. The molecule has 39 heavy (non-hydrogen) atoms. The van der Waals surface area contributed by atoms with Crippen LogP contribution in [0.1, 0.15) is 38.9 Å². The van der Waals surface area contributed by atoms with Crippen molar-refractivity contribution >= 4 is 35.1 Å². The van der Waals surface area contributed by atoms with E-state index in [0.29, 0.717) is 0 Å². The first-order valence-corrected chi connectivity index (χ1v) is 13.3. The third-order valence-corrected chi connectivity index (χ3v) is 7.68. The van der Waals surface area contributed by atoms with Crippen LogP contribution in [0, 0.1) is 20.8 Å². The molecule has 0 saturated carbocycles. The molecule has 0 saturated heterocycles. The average molecular weight is 503 g/mol. The van der Waals surface area contributed by atoms with Gasteiger partial charge >= 0.3 is 0 Å². The minimum absolute atomic E-state index is 1.07. The molecule has 0 heteroatoms. The molecule has 5 aromatic rings. The van der Waals surface area contributed by atoms with Crippen LogP contribution in [0.5, 0.6) is 0 Å². The van der Waals surface area contributed by atoms with Gasteiger partial charge < -0.3 is 0 Å². The second-order valence-corrected chi connectivity index (χ2v) is 10.1. The van der Waals surface area contributed by atoms with E-state index < -0.39 is 0 Å². The highest BCUT2D eigenvalue weighted by molar-refractivity contribution is 6.13. The summed E-state index contributed by atoms with van der Waals surface area (Å²) >= 11 is 0. The van der Waals surface area contributed by atoms with Crippen LogP contribution in [0.15, 0.2) is 105 Å². The lowest BCUT2D eigenvalue weighted by atomic mass is 9.80. The van der Waals surface area contributed by atoms with Crippen LogP contribution in [-0.4, -0.2) is 0 Å². The topological polar surface area (TPSA) is 0 Å². The molecule has 0 N–H and O–H groups in total. The largest absolute Gasteiger partial charge is 0.0984 e. The number of hydrogen-bond donors (Lipinski definition) is 0. The Morgan fingerprint density at radius 3 is 1.41 bits per heavy atom. The van der Waals surface area contributed by atoms with Gasteiger partial charge in [-0.05, 0) is 98.3 Å². The molecule has 0 heterocycles. The summed E-state index contributed by atoms with van der Waals surface area (Å²) in [5.74, 6) is 0. The third kappa shape index (κ3) is 4.29. The number of aryl methyl sites for hydroxylation is 3. The van der Waals surface area contributed by atoms with Gasteiger partial charge in [0.15, 0.2) is 0 Å². The van der Waals surface area contributed by atoms with E-state index in [4.69, 9.17) is 0 Å². The molecule has 0 aliphatic carbocycles. The maximum absolute atomic E-state index is 4.27. The lowest BCUT2D eigenvalue weighted by Crippen LogP contribution is -2.00. The predicted octanol–water partition coefficient (Wildman–Crippen LogP) is 11.3. The van der Waals surface area contributed by atoms with Crippen molar-refractivity contribution in [2.24, 2.45) is 0 Å². The molecule has 5 aromatic carbocycles. The van der Waals surface area contributed by atoms with Gasteiger partial charge in [-0.2, -0.15) is 0 Å². The first-order chi connectivity index (χ1) is 18.9. The second kappa shape index (κ2) is 10.6. The van der Waals surface area contributed by atoms with Crippen LogP contribution in [0.4, 0.5) is 0 Å². The fourth-order valence-corrected chi connectivity index (χ4v) is 6.23. The van der Waals surface area contributed by atoms with E-state index in [9.17, 15) is 0 Å². The molecule has 0 aromatic heterocycles. The van der Waals surface area contributed by atoms with Crippen molar-refractivity contribution in [3.63, 3.8) is 0 Å². The van der Waals surface area contributed by atoms with Crippen LogP contribution in [-0.2, 0) is 0 Å². The zero-order valence-corrected chi connectivity index (χ0v) is 23.1. The van der Waals surface area contributed by atoms with Gasteiger partial charge in [0, 0.05) is 0 Å². The molecule has 0 aliphatic rings. The Balaban J connectivity index is 1.92. The van der Waals surface area contributed by atoms with Crippen molar-refractivity contribution in [1.82, 2.24) is 0 Å². The molecular weight excluding hydrogens is 468 g/mol. The SMILES string of the molecule is C=Cc1c(-c2c(C)cc(C)cc2C)ccc(-c2c(C=C)c(C=C)c(-c3ccccc3)c3ccccc23)c1C=C. The van der Waals surface area contributed by atoms with E-state index in [1.54, 1.807) is 0 Å². The van der Waals surface area contributed by atoms with Gasteiger partial charge in [0.05, 0.1) is 0 Å². The predicted molar refractivity (Wildman–Crippen MR) is 175 cm³/mol. The zero-order chi connectivity index (χ0) is 27.7. The Kier molecular flexibility index (Phi) is 7.05. The van der Waals surface area contributed by atoms with Crippen molar-refractivity contribution in [1.29, 1.82) is 0 Å². The second-order valence-electron chi connectivity index (χ2n) is 10.1. The van der Waals surface area contributed by atoms with Crippen LogP contribution < -0.4 is 0 Å². The van der Waals surface area contributed by atoms with Crippen molar-refractivity contribution in [2.45, 2.75) is 20.8 Å². The molecule has 0 bridgehead atoms. The summed E-state index contributed by atoms with van der Waals surface area (Å²) in [5, 5.41) is 2.36. The highest BCUT2D eigenvalue weighted by atomic mass is 14.2. The molecule has 0 spiro atoms. The third-order valence-electron chi connectivity index (χ3n) is 7.68. The number of rotatable bonds is 7.